The van der Waals surface area contributed by atoms with E-state index in [4.69, 9.17) is 4.74 Å². The first-order valence-corrected chi connectivity index (χ1v) is 16.0. The average molecular weight is 623 g/mol. The quantitative estimate of drug-likeness (QED) is 0.131. The van der Waals surface area contributed by atoms with Gasteiger partial charge in [-0.25, -0.2) is 4.79 Å². The van der Waals surface area contributed by atoms with Crippen LogP contribution in [-0.4, -0.2) is 41.5 Å². The number of fused-ring (bicyclic) bond motifs is 1. The molecule has 0 atom stereocenters. The van der Waals surface area contributed by atoms with Crippen molar-refractivity contribution in [2.24, 2.45) is 0 Å². The maximum absolute atomic E-state index is 14.6. The van der Waals surface area contributed by atoms with Crippen molar-refractivity contribution in [2.45, 2.75) is 39.2 Å². The van der Waals surface area contributed by atoms with Gasteiger partial charge in [0.2, 0.25) is 0 Å². The van der Waals surface area contributed by atoms with Gasteiger partial charge in [0.25, 0.3) is 11.8 Å². The summed E-state index contributed by atoms with van der Waals surface area (Å²) in [5.74, 6) is -0.615. The number of ether oxygens (including phenoxy) is 1. The number of unbranched alkanes of at least 4 members (excludes halogenated alkanes) is 1. The number of carbonyl (C=O) groups is 3. The van der Waals surface area contributed by atoms with E-state index in [1.165, 1.54) is 4.90 Å². The third-order valence-corrected chi connectivity index (χ3v) is 8.14. The molecule has 6 rings (SSSR count). The first kappa shape index (κ1) is 31.5. The fourth-order valence-corrected chi connectivity index (χ4v) is 6.22. The highest BCUT2D eigenvalue weighted by Gasteiger charge is 2.42. The number of benzene rings is 5. The number of imide groups is 1. The number of hydrogen-bond acceptors (Lipinski definition) is 4. The molecule has 1 aliphatic rings. The van der Waals surface area contributed by atoms with E-state index >= 15 is 0 Å². The molecule has 0 radical (unpaired) electrons. The first-order chi connectivity index (χ1) is 22.7. The van der Waals surface area contributed by atoms with E-state index in [9.17, 15) is 14.4 Å². The summed E-state index contributed by atoms with van der Waals surface area (Å²) >= 11 is 0. The van der Waals surface area contributed by atoms with Gasteiger partial charge in [-0.15, -0.1) is 0 Å². The van der Waals surface area contributed by atoms with Crippen LogP contribution in [0.2, 0.25) is 0 Å². The summed E-state index contributed by atoms with van der Waals surface area (Å²) in [5.41, 5.74) is 7.21. The lowest BCUT2D eigenvalue weighted by Gasteiger charge is -2.23. The molecule has 1 N–H and O–H groups in total. The van der Waals surface area contributed by atoms with Crippen molar-refractivity contribution in [1.82, 2.24) is 10.2 Å². The maximum atomic E-state index is 14.6. The van der Waals surface area contributed by atoms with Crippen molar-refractivity contribution in [3.05, 3.63) is 132 Å². The van der Waals surface area contributed by atoms with Crippen LogP contribution in [0.3, 0.4) is 0 Å². The number of hydrogen-bond donors (Lipinski definition) is 1. The highest BCUT2D eigenvalue weighted by atomic mass is 16.6. The number of amides is 3. The largest absolute Gasteiger partial charge is 0.444 e. The molecule has 1 heterocycles. The van der Waals surface area contributed by atoms with Gasteiger partial charge < -0.3 is 10.1 Å². The highest BCUT2D eigenvalue weighted by molar-refractivity contribution is 6.30. The first-order valence-electron chi connectivity index (χ1n) is 16.0. The Morgan fingerprint density at radius 3 is 1.23 bits per heavy atom. The summed E-state index contributed by atoms with van der Waals surface area (Å²) in [7, 11) is 0. The van der Waals surface area contributed by atoms with Crippen molar-refractivity contribution in [2.75, 3.05) is 13.1 Å². The number of nitrogens with zero attached hydrogens (tertiary/aromatic N) is 1. The van der Waals surface area contributed by atoms with E-state index in [1.54, 1.807) is 0 Å². The lowest BCUT2D eigenvalue weighted by Crippen LogP contribution is -2.34. The molecule has 236 valence electrons. The van der Waals surface area contributed by atoms with Crippen LogP contribution in [0.15, 0.2) is 121 Å². The predicted octanol–water partition coefficient (Wildman–Crippen LogP) is 9.26. The van der Waals surface area contributed by atoms with Gasteiger partial charge in [0.05, 0.1) is 11.1 Å². The van der Waals surface area contributed by atoms with Gasteiger partial charge in [-0.1, -0.05) is 121 Å². The second-order valence-electron chi connectivity index (χ2n) is 12.6. The van der Waals surface area contributed by atoms with Gasteiger partial charge in [-0.2, -0.15) is 0 Å². The van der Waals surface area contributed by atoms with Crippen LogP contribution in [0, 0.1) is 0 Å². The molecular formula is C41H38N2O4. The monoisotopic (exact) mass is 622 g/mol. The van der Waals surface area contributed by atoms with E-state index in [-0.39, 0.29) is 18.4 Å². The fourth-order valence-electron chi connectivity index (χ4n) is 6.22. The molecule has 3 amide bonds. The minimum atomic E-state index is -0.589. The molecule has 5 aromatic rings. The van der Waals surface area contributed by atoms with Crippen molar-refractivity contribution < 1.29 is 19.1 Å². The van der Waals surface area contributed by atoms with Crippen LogP contribution in [0.5, 0.6) is 0 Å². The van der Waals surface area contributed by atoms with E-state index in [0.29, 0.717) is 30.5 Å². The maximum Gasteiger partial charge on any atom is 0.407 e. The zero-order chi connectivity index (χ0) is 33.0. The normalized spacial score (nSPS) is 12.6. The molecule has 0 saturated heterocycles. The summed E-state index contributed by atoms with van der Waals surface area (Å²) < 4.78 is 5.33. The van der Waals surface area contributed by atoms with E-state index in [0.717, 1.165) is 44.5 Å². The SMILES string of the molecule is CC(C)(C)OC(=O)NCCCCN1C(=O)c2c(c(-c3ccccc3)c(-c3ccccc3)c(-c3ccccc3)c2-c2ccccc2)C1=O. The lowest BCUT2D eigenvalue weighted by atomic mass is 9.78. The fraction of sp³-hybridized carbons (Fsp3) is 0.195. The Kier molecular flexibility index (Phi) is 9.03. The molecule has 0 aromatic heterocycles. The zero-order valence-corrected chi connectivity index (χ0v) is 27.0. The minimum Gasteiger partial charge on any atom is -0.444 e. The predicted molar refractivity (Wildman–Crippen MR) is 187 cm³/mol. The Morgan fingerprint density at radius 1 is 0.553 bits per heavy atom. The van der Waals surface area contributed by atoms with Gasteiger partial charge in [-0.05, 0) is 67.0 Å². The Bertz CT molecular complexity index is 1780. The third-order valence-electron chi connectivity index (χ3n) is 8.14. The Hall–Kier alpha value is -5.49. The molecule has 0 fully saturated rings. The van der Waals surface area contributed by atoms with Gasteiger partial charge in [-0.3, -0.25) is 14.5 Å². The van der Waals surface area contributed by atoms with Crippen LogP contribution in [0.4, 0.5) is 4.79 Å². The van der Waals surface area contributed by atoms with Crippen LogP contribution in [0.25, 0.3) is 44.5 Å². The molecule has 0 bridgehead atoms. The summed E-state index contributed by atoms with van der Waals surface area (Å²) in [4.78, 5) is 42.6. The smallest absolute Gasteiger partial charge is 0.407 e. The second kappa shape index (κ2) is 13.5. The summed E-state index contributed by atoms with van der Waals surface area (Å²) in [6.45, 7) is 6.04. The average Bonchev–Trinajstić information content (AvgIpc) is 3.32. The molecule has 0 aliphatic carbocycles. The summed E-state index contributed by atoms with van der Waals surface area (Å²) in [6, 6.07) is 39.9. The molecule has 6 nitrogen and oxygen atoms in total. The molecule has 5 aromatic carbocycles. The Morgan fingerprint density at radius 2 is 0.894 bits per heavy atom. The number of rotatable bonds is 9. The standard InChI is InChI=1S/C41H38N2O4/c1-41(2,3)47-40(46)42-26-16-17-27-43-38(44)36-34(30-22-12-6-13-23-30)32(28-18-8-4-9-19-28)33(29-20-10-5-11-21-29)35(37(36)39(43)45)31-24-14-7-15-25-31/h4-15,18-25H,16-17,26-27H2,1-3H3,(H,42,46). The van der Waals surface area contributed by atoms with Gasteiger partial charge in [0, 0.05) is 24.2 Å². The van der Waals surface area contributed by atoms with Crippen molar-refractivity contribution >= 4 is 17.9 Å². The summed E-state index contributed by atoms with van der Waals surface area (Å²) in [5, 5.41) is 2.77. The van der Waals surface area contributed by atoms with Crippen molar-refractivity contribution in [1.29, 1.82) is 0 Å². The lowest BCUT2D eigenvalue weighted by molar-refractivity contribution is 0.0522. The molecule has 0 unspecified atom stereocenters. The third kappa shape index (κ3) is 6.59. The molecule has 47 heavy (non-hydrogen) atoms. The number of carbonyl (C=O) groups excluding carboxylic acids is 3. The van der Waals surface area contributed by atoms with Crippen LogP contribution < -0.4 is 5.32 Å². The number of alkyl carbamates (subject to hydrolysis) is 1. The minimum absolute atomic E-state index is 0.228. The van der Waals surface area contributed by atoms with Crippen LogP contribution in [-0.2, 0) is 4.74 Å². The molecule has 0 saturated carbocycles. The molecule has 1 aliphatic heterocycles. The topological polar surface area (TPSA) is 75.7 Å². The Balaban J connectivity index is 1.52. The van der Waals surface area contributed by atoms with Crippen molar-refractivity contribution in [3.8, 4) is 44.5 Å². The second-order valence-corrected chi connectivity index (χ2v) is 12.6. The van der Waals surface area contributed by atoms with Crippen molar-refractivity contribution in [3.63, 3.8) is 0 Å². The summed E-state index contributed by atoms with van der Waals surface area (Å²) in [6.07, 6.45) is 0.619. The van der Waals surface area contributed by atoms with E-state index in [1.807, 2.05) is 118 Å². The Labute approximate surface area is 276 Å². The van der Waals surface area contributed by atoms with Gasteiger partial charge in [0.1, 0.15) is 5.60 Å². The van der Waals surface area contributed by atoms with E-state index in [2.05, 4.69) is 29.6 Å². The van der Waals surface area contributed by atoms with E-state index < -0.39 is 11.7 Å². The highest BCUT2D eigenvalue weighted by Crippen LogP contribution is 2.51. The molecule has 6 heteroatoms. The van der Waals surface area contributed by atoms with Gasteiger partial charge >= 0.3 is 6.09 Å². The van der Waals surface area contributed by atoms with Crippen LogP contribution in [0.1, 0.15) is 54.3 Å². The van der Waals surface area contributed by atoms with Gasteiger partial charge in [0.15, 0.2) is 0 Å². The van der Waals surface area contributed by atoms with Crippen LogP contribution >= 0.6 is 0 Å². The number of nitrogens with one attached hydrogen (secondary N) is 1. The molecular weight excluding hydrogens is 584 g/mol. The molecule has 0 spiro atoms. The zero-order valence-electron chi connectivity index (χ0n) is 27.0.